The lowest BCUT2D eigenvalue weighted by Gasteiger charge is -2.07. The maximum absolute atomic E-state index is 10.3. The Kier molecular flexibility index (Phi) is 2.51. The second kappa shape index (κ2) is 3.45. The first-order chi connectivity index (χ1) is 4.57. The van der Waals surface area contributed by atoms with Gasteiger partial charge in [-0.25, -0.2) is 0 Å². The van der Waals surface area contributed by atoms with Crippen molar-refractivity contribution in [3.63, 3.8) is 0 Å². The number of carbonyl (C=O) groups is 1. The molecule has 0 fully saturated rings. The van der Waals surface area contributed by atoms with Crippen molar-refractivity contribution in [2.75, 3.05) is 0 Å². The third kappa shape index (κ3) is 3.97. The summed E-state index contributed by atoms with van der Waals surface area (Å²) in [5.41, 5.74) is 1.98. The van der Waals surface area contributed by atoms with Gasteiger partial charge in [-0.2, -0.15) is 0 Å². The summed E-state index contributed by atoms with van der Waals surface area (Å²) >= 11 is 0. The predicted octanol–water partition coefficient (Wildman–Crippen LogP) is 0.444. The topological polar surface area (TPSA) is 63.3 Å². The number of rotatable bonds is 4. The molecule has 0 bridgehead atoms. The monoisotopic (exact) mass is 133 g/mol. The minimum absolute atomic E-state index is 0.305. The Labute approximate surface area is 56.3 Å². The van der Waals surface area contributed by atoms with Gasteiger partial charge in [0.25, 0.3) is 0 Å². The van der Waals surface area contributed by atoms with Crippen molar-refractivity contribution in [3.05, 3.63) is 0 Å². The van der Waals surface area contributed by atoms with E-state index in [1.54, 1.807) is 0 Å². The van der Waals surface area contributed by atoms with Gasteiger partial charge < -0.3 is 10.8 Å². The molecule has 0 rings (SSSR count). The zero-order chi connectivity index (χ0) is 8.15. The normalized spacial score (nSPS) is 15.2. The van der Waals surface area contributed by atoms with Crippen LogP contribution < -0.4 is 5.73 Å². The summed E-state index contributed by atoms with van der Waals surface area (Å²) < 4.78 is 6.65. The van der Waals surface area contributed by atoms with Crippen molar-refractivity contribution >= 4 is 5.97 Å². The molecule has 54 valence electrons. The van der Waals surface area contributed by atoms with Crippen LogP contribution in [0.1, 0.15) is 20.3 Å². The van der Waals surface area contributed by atoms with Crippen LogP contribution in [-0.4, -0.2) is 17.1 Å². The van der Waals surface area contributed by atoms with Crippen molar-refractivity contribution in [1.29, 1.82) is 0 Å². The van der Waals surface area contributed by atoms with Crippen LogP contribution in [0.15, 0.2) is 0 Å². The molecule has 0 aromatic carbocycles. The maximum Gasteiger partial charge on any atom is 0.320 e. The standard InChI is InChI=1S/C6H13NO2/c1-4(2)3-5(7)6(8)9/h4-5H,3,7H2,1-2H3,(H,8,9)/t5-/m1/s1/i/hT. The highest BCUT2D eigenvalue weighted by atomic mass is 16.4. The van der Waals surface area contributed by atoms with Gasteiger partial charge in [0.2, 0.25) is 0 Å². The van der Waals surface area contributed by atoms with Crippen LogP contribution in [0.5, 0.6) is 0 Å². The lowest BCUT2D eigenvalue weighted by Crippen LogP contribution is -2.31. The van der Waals surface area contributed by atoms with Gasteiger partial charge in [-0.05, 0) is 12.3 Å². The number of carboxylic acids is 1. The second-order valence-electron chi connectivity index (χ2n) is 2.52. The average molecular weight is 133 g/mol. The van der Waals surface area contributed by atoms with E-state index in [-0.39, 0.29) is 0 Å². The Balaban J connectivity index is 3.72. The largest absolute Gasteiger partial charge is 0.480 e. The fourth-order valence-electron chi connectivity index (χ4n) is 0.572. The highest BCUT2D eigenvalue weighted by Crippen LogP contribution is 2.01. The van der Waals surface area contributed by atoms with E-state index in [0.717, 1.165) is 0 Å². The van der Waals surface area contributed by atoms with E-state index in [0.29, 0.717) is 12.3 Å². The minimum Gasteiger partial charge on any atom is -0.480 e. The number of aliphatic carboxylic acids is 1. The van der Waals surface area contributed by atoms with Crippen LogP contribution in [0.2, 0.25) is 1.41 Å². The Bertz CT molecular complexity index is 116. The maximum atomic E-state index is 10.3. The van der Waals surface area contributed by atoms with Crippen LogP contribution in [0, 0.1) is 5.92 Å². The Hall–Kier alpha value is -0.570. The zero-order valence-corrected chi connectivity index (χ0v) is 5.72. The number of hydrogen-bond acceptors (Lipinski definition) is 2. The van der Waals surface area contributed by atoms with Crippen LogP contribution in [-0.2, 0) is 4.79 Å². The molecule has 3 N–H and O–H groups in total. The number of nitrogens with two attached hydrogens (primary N) is 1. The Morgan fingerprint density at radius 2 is 2.44 bits per heavy atom. The molecule has 0 saturated heterocycles. The molecule has 0 spiro atoms. The van der Waals surface area contributed by atoms with E-state index in [2.05, 4.69) is 0 Å². The van der Waals surface area contributed by atoms with E-state index in [4.69, 9.17) is 6.52 Å². The molecule has 0 saturated carbocycles. The van der Waals surface area contributed by atoms with Gasteiger partial charge in [-0.3, -0.25) is 4.79 Å². The molecule has 0 aromatic rings. The van der Waals surface area contributed by atoms with Gasteiger partial charge in [0.1, 0.15) is 7.45 Å². The molecule has 0 unspecified atom stereocenters. The van der Waals surface area contributed by atoms with Crippen LogP contribution in [0.25, 0.3) is 0 Å². The van der Waals surface area contributed by atoms with E-state index in [9.17, 15) is 4.79 Å². The molecule has 0 radical (unpaired) electrons. The smallest absolute Gasteiger partial charge is 0.320 e. The van der Waals surface area contributed by atoms with Crippen molar-refractivity contribution < 1.29 is 11.3 Å². The third-order valence-electron chi connectivity index (χ3n) is 1.01. The third-order valence-corrected chi connectivity index (χ3v) is 1.01. The molecule has 0 aromatic heterocycles. The predicted molar refractivity (Wildman–Crippen MR) is 35.1 cm³/mol. The number of carboxylic acid groups (broad SMARTS) is 1. The van der Waals surface area contributed by atoms with Crippen LogP contribution >= 0.6 is 0 Å². The minimum atomic E-state index is -0.955. The van der Waals surface area contributed by atoms with Gasteiger partial charge in [0, 0.05) is 0 Å². The summed E-state index contributed by atoms with van der Waals surface area (Å²) in [6.45, 7) is 3.85. The summed E-state index contributed by atoms with van der Waals surface area (Å²) in [6, 6.07) is -0.722. The second-order valence-corrected chi connectivity index (χ2v) is 2.52. The van der Waals surface area contributed by atoms with Gasteiger partial charge >= 0.3 is 5.97 Å². The highest BCUT2D eigenvalue weighted by molar-refractivity contribution is 5.72. The van der Waals surface area contributed by atoms with Crippen molar-refractivity contribution in [3.8, 4) is 0 Å². The molecule has 0 aliphatic rings. The zero-order valence-electron chi connectivity index (χ0n) is 6.72. The van der Waals surface area contributed by atoms with Gasteiger partial charge in [0.15, 0.2) is 0 Å². The fraction of sp³-hybridized carbons (Fsp3) is 0.833. The van der Waals surface area contributed by atoms with E-state index in [1.165, 1.54) is 0 Å². The summed E-state index contributed by atoms with van der Waals surface area (Å²) in [6.07, 6.45) is 0.499. The lowest BCUT2D eigenvalue weighted by atomic mass is 10.1. The van der Waals surface area contributed by atoms with Crippen LogP contribution in [0.4, 0.5) is 0 Å². The molecule has 0 heterocycles. The van der Waals surface area contributed by atoms with Crippen molar-refractivity contribution in [2.24, 2.45) is 11.6 Å². The molecule has 1 atom stereocenters. The molecular weight excluding hydrogens is 118 g/mol. The quantitative estimate of drug-likeness (QED) is 0.585. The van der Waals surface area contributed by atoms with Gasteiger partial charge in [-0.15, -0.1) is 0 Å². The van der Waals surface area contributed by atoms with Gasteiger partial charge in [0.05, 0.1) is 0 Å². The highest BCUT2D eigenvalue weighted by Gasteiger charge is 2.11. The molecule has 3 heteroatoms. The first-order valence-corrected chi connectivity index (χ1v) is 2.98. The van der Waals surface area contributed by atoms with Gasteiger partial charge in [-0.1, -0.05) is 13.8 Å². The molecule has 0 aliphatic heterocycles. The fourth-order valence-corrected chi connectivity index (χ4v) is 0.572. The van der Waals surface area contributed by atoms with Crippen molar-refractivity contribution in [2.45, 2.75) is 26.3 Å². The summed E-state index contributed by atoms with van der Waals surface area (Å²) in [5.74, 6) is -0.650. The lowest BCUT2D eigenvalue weighted by molar-refractivity contribution is -0.138. The molecular formula is C6H13NO2. The summed E-state index contributed by atoms with van der Waals surface area (Å²) in [5, 5.41) is 8.44. The van der Waals surface area contributed by atoms with Crippen LogP contribution in [0.3, 0.4) is 0 Å². The van der Waals surface area contributed by atoms with E-state index in [1.807, 2.05) is 19.6 Å². The molecule has 9 heavy (non-hydrogen) atoms. The number of hydrogen-bond donors (Lipinski definition) is 2. The first-order valence-electron chi connectivity index (χ1n) is 3.48. The summed E-state index contributed by atoms with van der Waals surface area (Å²) in [7, 11) is 0. The average Bonchev–Trinajstić information content (AvgIpc) is 1.81. The Morgan fingerprint density at radius 3 is 2.56 bits per heavy atom. The van der Waals surface area contributed by atoms with E-state index < -0.39 is 12.0 Å². The summed E-state index contributed by atoms with van der Waals surface area (Å²) in [4.78, 5) is 10.3. The van der Waals surface area contributed by atoms with Crippen molar-refractivity contribution in [1.82, 2.24) is 0 Å². The van der Waals surface area contributed by atoms with E-state index >= 15 is 0 Å². The molecule has 3 nitrogen and oxygen atoms in total. The first kappa shape index (κ1) is 6.55. The molecule has 0 amide bonds. The Morgan fingerprint density at radius 1 is 1.89 bits per heavy atom. The SMILES string of the molecule is [3H]N[C@H](CC(C)C)C(=O)O. The molecule has 0 aliphatic carbocycles.